The maximum Gasteiger partial charge on any atom is 0.251 e. The van der Waals surface area contributed by atoms with E-state index in [2.05, 4.69) is 5.32 Å². The van der Waals surface area contributed by atoms with Crippen LogP contribution in [0.15, 0.2) is 48.5 Å². The van der Waals surface area contributed by atoms with Crippen LogP contribution in [0.5, 0.6) is 5.75 Å². The van der Waals surface area contributed by atoms with Crippen LogP contribution in [0, 0.1) is 11.7 Å². The van der Waals surface area contributed by atoms with Crippen LogP contribution in [-0.4, -0.2) is 13.0 Å². The summed E-state index contributed by atoms with van der Waals surface area (Å²) in [5.41, 5.74) is 1.45. The van der Waals surface area contributed by atoms with E-state index in [1.807, 2.05) is 13.8 Å². The lowest BCUT2D eigenvalue weighted by molar-refractivity contribution is 0.0925. The Labute approximate surface area is 130 Å². The Bertz CT molecular complexity index is 621. The molecule has 0 unspecified atom stereocenters. The molecule has 0 fully saturated rings. The standard InChI is InChI=1S/C18H20FNO2/c1-12(2)17(13-4-8-15(19)9-5-13)20-18(21)14-6-10-16(22-3)11-7-14/h4-12,17H,1-3H3,(H,20,21)/t17-/m1/s1. The highest BCUT2D eigenvalue weighted by atomic mass is 19.1. The van der Waals surface area contributed by atoms with E-state index in [-0.39, 0.29) is 23.7 Å². The summed E-state index contributed by atoms with van der Waals surface area (Å²) in [6.07, 6.45) is 0. The van der Waals surface area contributed by atoms with Gasteiger partial charge in [-0.2, -0.15) is 0 Å². The van der Waals surface area contributed by atoms with E-state index in [0.717, 1.165) is 5.56 Å². The predicted molar refractivity (Wildman–Crippen MR) is 84.4 cm³/mol. The molecule has 3 nitrogen and oxygen atoms in total. The molecule has 1 amide bonds. The molecule has 0 radical (unpaired) electrons. The lowest BCUT2D eigenvalue weighted by atomic mass is 9.95. The first-order valence-corrected chi connectivity index (χ1v) is 7.21. The fourth-order valence-corrected chi connectivity index (χ4v) is 2.27. The van der Waals surface area contributed by atoms with Crippen LogP contribution in [0.4, 0.5) is 4.39 Å². The van der Waals surface area contributed by atoms with Crippen molar-refractivity contribution < 1.29 is 13.9 Å². The summed E-state index contributed by atoms with van der Waals surface area (Å²) in [4.78, 5) is 12.4. The van der Waals surface area contributed by atoms with Crippen molar-refractivity contribution in [2.24, 2.45) is 5.92 Å². The maximum atomic E-state index is 13.1. The van der Waals surface area contributed by atoms with Gasteiger partial charge in [0.05, 0.1) is 13.2 Å². The van der Waals surface area contributed by atoms with Crippen LogP contribution >= 0.6 is 0 Å². The summed E-state index contributed by atoms with van der Waals surface area (Å²) < 4.78 is 18.1. The number of carbonyl (C=O) groups is 1. The summed E-state index contributed by atoms with van der Waals surface area (Å²) in [6.45, 7) is 4.03. The van der Waals surface area contributed by atoms with Crippen molar-refractivity contribution in [2.75, 3.05) is 7.11 Å². The number of halogens is 1. The summed E-state index contributed by atoms with van der Waals surface area (Å²) in [6, 6.07) is 13.0. The number of amides is 1. The van der Waals surface area contributed by atoms with Crippen molar-refractivity contribution in [1.29, 1.82) is 0 Å². The molecule has 0 saturated heterocycles. The smallest absolute Gasteiger partial charge is 0.251 e. The van der Waals surface area contributed by atoms with E-state index >= 15 is 0 Å². The molecule has 0 aliphatic rings. The molecule has 4 heteroatoms. The largest absolute Gasteiger partial charge is 0.497 e. The Morgan fingerprint density at radius 3 is 2.14 bits per heavy atom. The fraction of sp³-hybridized carbons (Fsp3) is 0.278. The van der Waals surface area contributed by atoms with Gasteiger partial charge in [0.15, 0.2) is 0 Å². The SMILES string of the molecule is COc1ccc(C(=O)N[C@@H](c2ccc(F)cc2)C(C)C)cc1. The van der Waals surface area contributed by atoms with Crippen molar-refractivity contribution in [3.05, 3.63) is 65.5 Å². The van der Waals surface area contributed by atoms with E-state index < -0.39 is 0 Å². The molecule has 0 aromatic heterocycles. The van der Waals surface area contributed by atoms with Gasteiger partial charge in [-0.25, -0.2) is 4.39 Å². The molecule has 0 aliphatic carbocycles. The Morgan fingerprint density at radius 1 is 1.05 bits per heavy atom. The van der Waals surface area contributed by atoms with Crippen molar-refractivity contribution in [3.63, 3.8) is 0 Å². The van der Waals surface area contributed by atoms with Crippen LogP contribution in [0.25, 0.3) is 0 Å². The molecule has 0 bridgehead atoms. The van der Waals surface area contributed by atoms with Crippen molar-refractivity contribution in [1.82, 2.24) is 5.32 Å². The third kappa shape index (κ3) is 3.85. The minimum absolute atomic E-state index is 0.161. The second-order valence-corrected chi connectivity index (χ2v) is 5.48. The molecule has 0 spiro atoms. The molecule has 1 atom stereocenters. The van der Waals surface area contributed by atoms with Crippen molar-refractivity contribution >= 4 is 5.91 Å². The van der Waals surface area contributed by atoms with Gasteiger partial charge >= 0.3 is 0 Å². The highest BCUT2D eigenvalue weighted by Crippen LogP contribution is 2.23. The molecule has 2 aromatic carbocycles. The molecule has 2 rings (SSSR count). The van der Waals surface area contributed by atoms with E-state index in [1.54, 1.807) is 43.5 Å². The monoisotopic (exact) mass is 301 g/mol. The number of nitrogens with one attached hydrogen (secondary N) is 1. The Balaban J connectivity index is 2.16. The zero-order valence-electron chi connectivity index (χ0n) is 13.0. The van der Waals surface area contributed by atoms with Gasteiger partial charge < -0.3 is 10.1 Å². The van der Waals surface area contributed by atoms with Gasteiger partial charge in [0.1, 0.15) is 11.6 Å². The van der Waals surface area contributed by atoms with Crippen LogP contribution in [0.2, 0.25) is 0 Å². The van der Waals surface area contributed by atoms with Crippen molar-refractivity contribution in [2.45, 2.75) is 19.9 Å². The Morgan fingerprint density at radius 2 is 1.64 bits per heavy atom. The Kier molecular flexibility index (Phi) is 5.15. The highest BCUT2D eigenvalue weighted by molar-refractivity contribution is 5.94. The average molecular weight is 301 g/mol. The van der Waals surface area contributed by atoms with Crippen LogP contribution < -0.4 is 10.1 Å². The number of ether oxygens (including phenoxy) is 1. The number of hydrogen-bond donors (Lipinski definition) is 1. The summed E-state index contributed by atoms with van der Waals surface area (Å²) in [5, 5.41) is 3.00. The Hall–Kier alpha value is -2.36. The average Bonchev–Trinajstić information content (AvgIpc) is 2.53. The van der Waals surface area contributed by atoms with E-state index in [9.17, 15) is 9.18 Å². The predicted octanol–water partition coefficient (Wildman–Crippen LogP) is 3.96. The van der Waals surface area contributed by atoms with Gasteiger partial charge in [0, 0.05) is 5.56 Å². The number of rotatable bonds is 5. The van der Waals surface area contributed by atoms with Gasteiger partial charge in [-0.15, -0.1) is 0 Å². The second kappa shape index (κ2) is 7.07. The number of carbonyl (C=O) groups excluding carboxylic acids is 1. The summed E-state index contributed by atoms with van der Waals surface area (Å²) in [5.74, 6) is 0.446. The summed E-state index contributed by atoms with van der Waals surface area (Å²) >= 11 is 0. The molecular weight excluding hydrogens is 281 g/mol. The van der Waals surface area contributed by atoms with Gasteiger partial charge in [-0.05, 0) is 47.9 Å². The lowest BCUT2D eigenvalue weighted by Crippen LogP contribution is -2.31. The molecule has 0 heterocycles. The van der Waals surface area contributed by atoms with Gasteiger partial charge in [-0.3, -0.25) is 4.79 Å². The first-order chi connectivity index (χ1) is 10.5. The van der Waals surface area contributed by atoms with Gasteiger partial charge in [-0.1, -0.05) is 26.0 Å². The highest BCUT2D eigenvalue weighted by Gasteiger charge is 2.19. The van der Waals surface area contributed by atoms with Crippen LogP contribution in [0.3, 0.4) is 0 Å². The molecule has 1 N–H and O–H groups in total. The number of methoxy groups -OCH3 is 1. The molecule has 116 valence electrons. The number of hydrogen-bond acceptors (Lipinski definition) is 2. The van der Waals surface area contributed by atoms with E-state index in [1.165, 1.54) is 12.1 Å². The zero-order chi connectivity index (χ0) is 16.1. The topological polar surface area (TPSA) is 38.3 Å². The molecular formula is C18H20FNO2. The second-order valence-electron chi connectivity index (χ2n) is 5.48. The van der Waals surface area contributed by atoms with Gasteiger partial charge in [0.2, 0.25) is 0 Å². The minimum Gasteiger partial charge on any atom is -0.497 e. The first-order valence-electron chi connectivity index (χ1n) is 7.21. The maximum absolute atomic E-state index is 13.1. The first kappa shape index (κ1) is 16.0. The third-order valence-corrected chi connectivity index (χ3v) is 3.53. The molecule has 2 aromatic rings. The third-order valence-electron chi connectivity index (χ3n) is 3.53. The fourth-order valence-electron chi connectivity index (χ4n) is 2.27. The van der Waals surface area contributed by atoms with Crippen molar-refractivity contribution in [3.8, 4) is 5.75 Å². The normalized spacial score (nSPS) is 12.0. The van der Waals surface area contributed by atoms with Crippen LogP contribution in [-0.2, 0) is 0 Å². The lowest BCUT2D eigenvalue weighted by Gasteiger charge is -2.23. The molecule has 0 aliphatic heterocycles. The quantitative estimate of drug-likeness (QED) is 0.907. The summed E-state index contributed by atoms with van der Waals surface area (Å²) in [7, 11) is 1.58. The zero-order valence-corrected chi connectivity index (χ0v) is 13.0. The molecule has 0 saturated carbocycles. The van der Waals surface area contributed by atoms with Crippen LogP contribution in [0.1, 0.15) is 35.8 Å². The number of benzene rings is 2. The minimum atomic E-state index is -0.285. The van der Waals surface area contributed by atoms with E-state index in [4.69, 9.17) is 4.74 Å². The van der Waals surface area contributed by atoms with Gasteiger partial charge in [0.25, 0.3) is 5.91 Å². The van der Waals surface area contributed by atoms with E-state index in [0.29, 0.717) is 11.3 Å². The molecule has 22 heavy (non-hydrogen) atoms.